The van der Waals surface area contributed by atoms with E-state index in [9.17, 15) is 4.79 Å². The van der Waals surface area contributed by atoms with Gasteiger partial charge in [-0.25, -0.2) is 14.8 Å². The van der Waals surface area contributed by atoms with Gasteiger partial charge in [0, 0.05) is 19.5 Å². The molecule has 0 saturated carbocycles. The molecule has 6 nitrogen and oxygen atoms in total. The van der Waals surface area contributed by atoms with Gasteiger partial charge in [0.25, 0.3) is 0 Å². The van der Waals surface area contributed by atoms with E-state index in [4.69, 9.17) is 9.47 Å². The molecule has 0 fully saturated rings. The number of aromatic nitrogens is 2. The van der Waals surface area contributed by atoms with E-state index in [2.05, 4.69) is 14.7 Å². The van der Waals surface area contributed by atoms with Crippen molar-refractivity contribution in [3.63, 3.8) is 0 Å². The normalized spacial score (nSPS) is 9.73. The molecule has 0 bridgehead atoms. The predicted octanol–water partition coefficient (Wildman–Crippen LogP) is 0.288. The van der Waals surface area contributed by atoms with Crippen molar-refractivity contribution < 1.29 is 19.0 Å². The van der Waals surface area contributed by atoms with Crippen molar-refractivity contribution in [2.75, 3.05) is 27.4 Å². The van der Waals surface area contributed by atoms with Gasteiger partial charge in [-0.1, -0.05) is 0 Å². The zero-order valence-electron chi connectivity index (χ0n) is 8.60. The second-order valence-corrected chi connectivity index (χ2v) is 2.54. The Morgan fingerprint density at radius 1 is 1.27 bits per heavy atom. The zero-order valence-corrected chi connectivity index (χ0v) is 8.60. The van der Waals surface area contributed by atoms with Crippen molar-refractivity contribution in [1.82, 2.24) is 9.97 Å². The van der Waals surface area contributed by atoms with E-state index >= 15 is 0 Å². The summed E-state index contributed by atoms with van der Waals surface area (Å²) in [6.07, 6.45) is 2.84. The van der Waals surface area contributed by atoms with Crippen LogP contribution in [0.5, 0.6) is 5.88 Å². The fourth-order valence-corrected chi connectivity index (χ4v) is 0.889. The second kappa shape index (κ2) is 5.92. The minimum absolute atomic E-state index is 0.0658. The Bertz CT molecular complexity index is 330. The van der Waals surface area contributed by atoms with Crippen molar-refractivity contribution in [2.24, 2.45) is 0 Å². The van der Waals surface area contributed by atoms with E-state index < -0.39 is 5.97 Å². The van der Waals surface area contributed by atoms with Crippen LogP contribution >= 0.6 is 0 Å². The van der Waals surface area contributed by atoms with Crippen LogP contribution in [0.4, 0.5) is 0 Å². The van der Waals surface area contributed by atoms with Crippen LogP contribution in [0.3, 0.4) is 0 Å². The van der Waals surface area contributed by atoms with Gasteiger partial charge < -0.3 is 14.2 Å². The number of ether oxygens (including phenoxy) is 3. The number of carbonyl (C=O) groups is 1. The van der Waals surface area contributed by atoms with Gasteiger partial charge in [-0.2, -0.15) is 0 Å². The van der Waals surface area contributed by atoms with Crippen LogP contribution in [0, 0.1) is 0 Å². The highest BCUT2D eigenvalue weighted by molar-refractivity contribution is 5.89. The van der Waals surface area contributed by atoms with E-state index in [1.165, 1.54) is 19.5 Å². The first-order chi connectivity index (χ1) is 7.29. The van der Waals surface area contributed by atoms with Crippen molar-refractivity contribution in [2.45, 2.75) is 0 Å². The van der Waals surface area contributed by atoms with E-state index in [0.717, 1.165) is 0 Å². The van der Waals surface area contributed by atoms with Crippen LogP contribution < -0.4 is 4.74 Å². The maximum absolute atomic E-state index is 11.2. The molecule has 1 heterocycles. The lowest BCUT2D eigenvalue weighted by Crippen LogP contribution is -2.12. The molecule has 0 unspecified atom stereocenters. The van der Waals surface area contributed by atoms with Crippen molar-refractivity contribution in [3.05, 3.63) is 18.1 Å². The fourth-order valence-electron chi connectivity index (χ4n) is 0.889. The quantitative estimate of drug-likeness (QED) is 0.516. The summed E-state index contributed by atoms with van der Waals surface area (Å²) in [5, 5.41) is 0. The summed E-state index contributed by atoms with van der Waals surface area (Å²) in [4.78, 5) is 18.9. The lowest BCUT2D eigenvalue weighted by molar-refractivity contribution is 0.0584. The molecule has 0 atom stereocenters. The average Bonchev–Trinajstić information content (AvgIpc) is 2.29. The molecule has 1 rings (SSSR count). The minimum Gasteiger partial charge on any atom is -0.473 e. The van der Waals surface area contributed by atoms with Crippen molar-refractivity contribution in [3.8, 4) is 5.88 Å². The van der Waals surface area contributed by atoms with Gasteiger partial charge in [0.15, 0.2) is 0 Å². The number of hydrogen-bond acceptors (Lipinski definition) is 6. The Morgan fingerprint density at radius 2 is 2.00 bits per heavy atom. The zero-order chi connectivity index (χ0) is 11.1. The standard InChI is InChI=1S/C9H12N2O4/c1-13-5-6-15-8-7(9(12)14-2)10-3-4-11-8/h3-4H,5-6H2,1-2H3. The second-order valence-electron chi connectivity index (χ2n) is 2.54. The summed E-state index contributed by atoms with van der Waals surface area (Å²) in [5.41, 5.74) is 0.0658. The van der Waals surface area contributed by atoms with Gasteiger partial charge in [0.05, 0.1) is 13.7 Å². The van der Waals surface area contributed by atoms with Crippen molar-refractivity contribution >= 4 is 5.97 Å². The van der Waals surface area contributed by atoms with E-state index in [1.54, 1.807) is 7.11 Å². The first-order valence-electron chi connectivity index (χ1n) is 4.30. The molecule has 6 heteroatoms. The Hall–Kier alpha value is -1.69. The fraction of sp³-hybridized carbons (Fsp3) is 0.444. The number of carbonyl (C=O) groups excluding carboxylic acids is 1. The third-order valence-corrected chi connectivity index (χ3v) is 1.57. The van der Waals surface area contributed by atoms with E-state index in [1.807, 2.05) is 0 Å². The van der Waals surface area contributed by atoms with E-state index in [-0.39, 0.29) is 11.6 Å². The molecule has 0 aliphatic rings. The van der Waals surface area contributed by atoms with Crippen LogP contribution in [-0.4, -0.2) is 43.4 Å². The van der Waals surface area contributed by atoms with Crippen LogP contribution in [0.1, 0.15) is 10.5 Å². The molecule has 0 saturated heterocycles. The number of rotatable bonds is 5. The Morgan fingerprint density at radius 3 is 2.67 bits per heavy atom. The molecule has 0 aliphatic heterocycles. The number of hydrogen-bond donors (Lipinski definition) is 0. The van der Waals surface area contributed by atoms with Crippen LogP contribution in [0.15, 0.2) is 12.4 Å². The summed E-state index contributed by atoms with van der Waals surface area (Å²) >= 11 is 0. The molecule has 1 aromatic heterocycles. The Balaban J connectivity index is 2.73. The van der Waals surface area contributed by atoms with Gasteiger partial charge in [0.2, 0.25) is 11.6 Å². The highest BCUT2D eigenvalue weighted by Gasteiger charge is 2.15. The first-order valence-corrected chi connectivity index (χ1v) is 4.30. The summed E-state index contributed by atoms with van der Waals surface area (Å²) in [7, 11) is 2.83. The lowest BCUT2D eigenvalue weighted by Gasteiger charge is -2.06. The largest absolute Gasteiger partial charge is 0.473 e. The number of esters is 1. The van der Waals surface area contributed by atoms with E-state index in [0.29, 0.717) is 13.2 Å². The smallest absolute Gasteiger partial charge is 0.362 e. The number of methoxy groups -OCH3 is 2. The summed E-state index contributed by atoms with van der Waals surface area (Å²) < 4.78 is 14.5. The minimum atomic E-state index is -0.574. The highest BCUT2D eigenvalue weighted by atomic mass is 16.5. The SMILES string of the molecule is COCCOc1nccnc1C(=O)OC. The van der Waals surface area contributed by atoms with Gasteiger partial charge in [-0.15, -0.1) is 0 Å². The maximum Gasteiger partial charge on any atom is 0.362 e. The van der Waals surface area contributed by atoms with Crippen molar-refractivity contribution in [1.29, 1.82) is 0 Å². The molecule has 0 amide bonds. The lowest BCUT2D eigenvalue weighted by atomic mass is 10.4. The molecule has 0 aliphatic carbocycles. The Labute approximate surface area is 87.2 Å². The summed E-state index contributed by atoms with van der Waals surface area (Å²) in [6.45, 7) is 0.719. The van der Waals surface area contributed by atoms with Gasteiger partial charge in [-0.05, 0) is 0 Å². The molecule has 0 N–H and O–H groups in total. The monoisotopic (exact) mass is 212 g/mol. The maximum atomic E-state index is 11.2. The molecular weight excluding hydrogens is 200 g/mol. The van der Waals surface area contributed by atoms with Gasteiger partial charge >= 0.3 is 5.97 Å². The Kier molecular flexibility index (Phi) is 4.49. The third kappa shape index (κ3) is 3.17. The molecule has 15 heavy (non-hydrogen) atoms. The molecule has 0 radical (unpaired) electrons. The molecule has 82 valence electrons. The molecular formula is C9H12N2O4. The summed E-state index contributed by atoms with van der Waals surface area (Å²) in [6, 6.07) is 0. The topological polar surface area (TPSA) is 70.5 Å². The molecule has 0 spiro atoms. The molecule has 1 aromatic rings. The number of nitrogens with zero attached hydrogens (tertiary/aromatic N) is 2. The molecule has 0 aromatic carbocycles. The van der Waals surface area contributed by atoms with Crippen LogP contribution in [0.2, 0.25) is 0 Å². The van der Waals surface area contributed by atoms with Crippen LogP contribution in [0.25, 0.3) is 0 Å². The van der Waals surface area contributed by atoms with Gasteiger partial charge in [-0.3, -0.25) is 0 Å². The highest BCUT2D eigenvalue weighted by Crippen LogP contribution is 2.11. The average molecular weight is 212 g/mol. The van der Waals surface area contributed by atoms with Crippen LogP contribution in [-0.2, 0) is 9.47 Å². The third-order valence-electron chi connectivity index (χ3n) is 1.57. The predicted molar refractivity (Wildman–Crippen MR) is 50.7 cm³/mol. The first kappa shape index (κ1) is 11.4. The summed E-state index contributed by atoms with van der Waals surface area (Å²) in [5.74, 6) is -0.420. The van der Waals surface area contributed by atoms with Gasteiger partial charge in [0.1, 0.15) is 6.61 Å².